The molecule has 2 nitrogen and oxygen atoms in total. The van der Waals surface area contributed by atoms with Gasteiger partial charge >= 0.3 is 0 Å². The molecule has 4 heteroatoms. The zero-order valence-electron chi connectivity index (χ0n) is 9.03. The summed E-state index contributed by atoms with van der Waals surface area (Å²) >= 11 is 7.47. The van der Waals surface area contributed by atoms with Gasteiger partial charge in [0, 0.05) is 24.2 Å². The van der Waals surface area contributed by atoms with Gasteiger partial charge < -0.3 is 5.32 Å². The molecule has 0 aliphatic rings. The van der Waals surface area contributed by atoms with Crippen molar-refractivity contribution in [2.75, 3.05) is 0 Å². The van der Waals surface area contributed by atoms with Gasteiger partial charge in [-0.3, -0.25) is 4.98 Å². The highest BCUT2D eigenvalue weighted by Crippen LogP contribution is 2.21. The summed E-state index contributed by atoms with van der Waals surface area (Å²) in [4.78, 5) is 5.58. The number of aryl methyl sites for hydroxylation is 1. The molecule has 0 aromatic carbocycles. The standard InChI is InChI=1S/C12H13ClN2S/c1-9-3-2-6-15-11(9)8-14-7-10-4-5-12(13)16-10/h2-6,14H,7-8H2,1H3. The van der Waals surface area contributed by atoms with Crippen LogP contribution >= 0.6 is 22.9 Å². The van der Waals surface area contributed by atoms with E-state index >= 15 is 0 Å². The molecule has 0 spiro atoms. The van der Waals surface area contributed by atoms with Crippen LogP contribution in [-0.2, 0) is 13.1 Å². The normalized spacial score (nSPS) is 10.6. The molecule has 1 N–H and O–H groups in total. The molecule has 0 saturated carbocycles. The maximum absolute atomic E-state index is 5.86. The first kappa shape index (κ1) is 11.6. The molecule has 84 valence electrons. The molecule has 0 amide bonds. The molecule has 2 aromatic rings. The van der Waals surface area contributed by atoms with Gasteiger partial charge in [-0.2, -0.15) is 0 Å². The Labute approximate surface area is 104 Å². The van der Waals surface area contributed by atoms with Gasteiger partial charge in [-0.1, -0.05) is 17.7 Å². The van der Waals surface area contributed by atoms with Gasteiger partial charge in [-0.05, 0) is 30.7 Å². The molecule has 2 heterocycles. The van der Waals surface area contributed by atoms with E-state index in [0.29, 0.717) is 0 Å². The van der Waals surface area contributed by atoms with Crippen LogP contribution in [0.3, 0.4) is 0 Å². The van der Waals surface area contributed by atoms with Crippen molar-refractivity contribution in [1.82, 2.24) is 10.3 Å². The van der Waals surface area contributed by atoms with Crippen LogP contribution in [0.4, 0.5) is 0 Å². The van der Waals surface area contributed by atoms with Crippen molar-refractivity contribution in [2.45, 2.75) is 20.0 Å². The Morgan fingerprint density at radius 1 is 1.31 bits per heavy atom. The lowest BCUT2D eigenvalue weighted by molar-refractivity contribution is 0.683. The van der Waals surface area contributed by atoms with Crippen LogP contribution < -0.4 is 5.32 Å². The summed E-state index contributed by atoms with van der Waals surface area (Å²) in [6.45, 7) is 3.71. The highest BCUT2D eigenvalue weighted by Gasteiger charge is 2.00. The number of nitrogens with zero attached hydrogens (tertiary/aromatic N) is 1. The van der Waals surface area contributed by atoms with Crippen molar-refractivity contribution in [3.63, 3.8) is 0 Å². The summed E-state index contributed by atoms with van der Waals surface area (Å²) in [6, 6.07) is 8.00. The fourth-order valence-electron chi connectivity index (χ4n) is 1.45. The SMILES string of the molecule is Cc1cccnc1CNCc1ccc(Cl)s1. The minimum Gasteiger partial charge on any atom is -0.306 e. The largest absolute Gasteiger partial charge is 0.306 e. The molecular weight excluding hydrogens is 240 g/mol. The van der Waals surface area contributed by atoms with E-state index in [1.54, 1.807) is 11.3 Å². The highest BCUT2D eigenvalue weighted by atomic mass is 35.5. The third kappa shape index (κ3) is 3.04. The summed E-state index contributed by atoms with van der Waals surface area (Å²) in [6.07, 6.45) is 1.83. The van der Waals surface area contributed by atoms with E-state index in [0.717, 1.165) is 23.1 Å². The van der Waals surface area contributed by atoms with Crippen molar-refractivity contribution in [2.24, 2.45) is 0 Å². The van der Waals surface area contributed by atoms with E-state index in [1.807, 2.05) is 24.4 Å². The van der Waals surface area contributed by atoms with E-state index < -0.39 is 0 Å². The average Bonchev–Trinajstić information content (AvgIpc) is 2.67. The molecule has 0 saturated heterocycles. The van der Waals surface area contributed by atoms with Crippen molar-refractivity contribution in [1.29, 1.82) is 0 Å². The number of rotatable bonds is 4. The Kier molecular flexibility index (Phi) is 3.93. The smallest absolute Gasteiger partial charge is 0.0931 e. The zero-order chi connectivity index (χ0) is 11.4. The Balaban J connectivity index is 1.87. The van der Waals surface area contributed by atoms with Gasteiger partial charge in [-0.15, -0.1) is 11.3 Å². The minimum absolute atomic E-state index is 0.794. The third-order valence-corrected chi connectivity index (χ3v) is 3.57. The fourth-order valence-corrected chi connectivity index (χ4v) is 2.51. The first-order valence-corrected chi connectivity index (χ1v) is 6.30. The van der Waals surface area contributed by atoms with Crippen molar-refractivity contribution < 1.29 is 0 Å². The maximum Gasteiger partial charge on any atom is 0.0931 e. The van der Waals surface area contributed by atoms with Gasteiger partial charge in [0.1, 0.15) is 0 Å². The number of halogens is 1. The predicted molar refractivity (Wildman–Crippen MR) is 68.8 cm³/mol. The van der Waals surface area contributed by atoms with Crippen LogP contribution in [0, 0.1) is 6.92 Å². The second-order valence-corrected chi connectivity index (χ2v) is 5.38. The monoisotopic (exact) mass is 252 g/mol. The van der Waals surface area contributed by atoms with E-state index in [1.165, 1.54) is 10.4 Å². The number of hydrogen-bond donors (Lipinski definition) is 1. The summed E-state index contributed by atoms with van der Waals surface area (Å²) in [5.41, 5.74) is 2.32. The topological polar surface area (TPSA) is 24.9 Å². The van der Waals surface area contributed by atoms with Crippen LogP contribution in [0.5, 0.6) is 0 Å². The number of pyridine rings is 1. The second-order valence-electron chi connectivity index (χ2n) is 3.58. The summed E-state index contributed by atoms with van der Waals surface area (Å²) in [5, 5.41) is 3.36. The first-order valence-electron chi connectivity index (χ1n) is 5.11. The second kappa shape index (κ2) is 5.43. The molecule has 0 aliphatic carbocycles. The predicted octanol–water partition coefficient (Wildman–Crippen LogP) is 3.39. The van der Waals surface area contributed by atoms with Crippen LogP contribution in [0.25, 0.3) is 0 Å². The number of hydrogen-bond acceptors (Lipinski definition) is 3. The van der Waals surface area contributed by atoms with Gasteiger partial charge in [0.25, 0.3) is 0 Å². The van der Waals surface area contributed by atoms with Gasteiger partial charge in [0.15, 0.2) is 0 Å². The Bertz CT molecular complexity index is 468. The first-order chi connectivity index (χ1) is 7.75. The summed E-state index contributed by atoms with van der Waals surface area (Å²) in [5.74, 6) is 0. The van der Waals surface area contributed by atoms with Crippen LogP contribution in [0.2, 0.25) is 4.34 Å². The van der Waals surface area contributed by atoms with Crippen molar-refractivity contribution in [3.05, 3.63) is 50.9 Å². The molecule has 0 unspecified atom stereocenters. The third-order valence-electron chi connectivity index (χ3n) is 2.34. The molecule has 0 aliphatic heterocycles. The lowest BCUT2D eigenvalue weighted by Crippen LogP contribution is -2.13. The van der Waals surface area contributed by atoms with E-state index in [-0.39, 0.29) is 0 Å². The Morgan fingerprint density at radius 3 is 2.88 bits per heavy atom. The van der Waals surface area contributed by atoms with Crippen LogP contribution in [0.1, 0.15) is 16.1 Å². The molecule has 0 bridgehead atoms. The molecule has 0 fully saturated rings. The quantitative estimate of drug-likeness (QED) is 0.902. The number of aromatic nitrogens is 1. The van der Waals surface area contributed by atoms with Gasteiger partial charge in [0.05, 0.1) is 10.0 Å². The maximum atomic E-state index is 5.86. The van der Waals surface area contributed by atoms with E-state index in [9.17, 15) is 0 Å². The molecular formula is C12H13ClN2S. The highest BCUT2D eigenvalue weighted by molar-refractivity contribution is 7.16. The molecule has 0 atom stereocenters. The zero-order valence-corrected chi connectivity index (χ0v) is 10.6. The van der Waals surface area contributed by atoms with Gasteiger partial charge in [-0.25, -0.2) is 0 Å². The van der Waals surface area contributed by atoms with Crippen molar-refractivity contribution >= 4 is 22.9 Å². The van der Waals surface area contributed by atoms with Crippen LogP contribution in [-0.4, -0.2) is 4.98 Å². The molecule has 16 heavy (non-hydrogen) atoms. The lowest BCUT2D eigenvalue weighted by Gasteiger charge is -2.05. The fraction of sp³-hybridized carbons (Fsp3) is 0.250. The van der Waals surface area contributed by atoms with E-state index in [2.05, 4.69) is 23.3 Å². The van der Waals surface area contributed by atoms with E-state index in [4.69, 9.17) is 11.6 Å². The molecule has 0 radical (unpaired) electrons. The average molecular weight is 253 g/mol. The number of thiophene rings is 1. The lowest BCUT2D eigenvalue weighted by atomic mass is 10.2. The molecule has 2 rings (SSSR count). The number of nitrogens with one attached hydrogen (secondary N) is 1. The summed E-state index contributed by atoms with van der Waals surface area (Å²) in [7, 11) is 0. The van der Waals surface area contributed by atoms with Crippen LogP contribution in [0.15, 0.2) is 30.5 Å². The Morgan fingerprint density at radius 2 is 2.19 bits per heavy atom. The van der Waals surface area contributed by atoms with Crippen molar-refractivity contribution in [3.8, 4) is 0 Å². The molecule has 2 aromatic heterocycles. The van der Waals surface area contributed by atoms with Gasteiger partial charge in [0.2, 0.25) is 0 Å². The summed E-state index contributed by atoms with van der Waals surface area (Å²) < 4.78 is 0.839. The minimum atomic E-state index is 0.794. The Hall–Kier alpha value is -0.900.